The summed E-state index contributed by atoms with van der Waals surface area (Å²) >= 11 is 0. The molecule has 10 nitrogen and oxygen atoms in total. The van der Waals surface area contributed by atoms with Gasteiger partial charge in [-0.25, -0.2) is 4.57 Å². The van der Waals surface area contributed by atoms with E-state index in [4.69, 9.17) is 19.1 Å². The van der Waals surface area contributed by atoms with Gasteiger partial charge in [0.25, 0.3) is 0 Å². The van der Waals surface area contributed by atoms with E-state index in [1.807, 2.05) is 12.2 Å². The second-order valence-electron chi connectivity index (χ2n) is 14.3. The summed E-state index contributed by atoms with van der Waals surface area (Å²) in [5.74, 6) is -1.04. The first-order chi connectivity index (χ1) is 28.2. The highest BCUT2D eigenvalue weighted by atomic mass is 31.2. The Labute approximate surface area is 351 Å². The molecule has 0 spiro atoms. The molecule has 0 aliphatic rings. The number of aliphatic hydroxyl groups excluding tert-OH is 2. The van der Waals surface area contributed by atoms with E-state index in [0.717, 1.165) is 77.0 Å². The van der Waals surface area contributed by atoms with Crippen molar-refractivity contribution in [3.05, 3.63) is 85.1 Å². The number of esters is 2. The van der Waals surface area contributed by atoms with E-state index in [2.05, 4.69) is 91.3 Å². The Kier molecular flexibility index (Phi) is 40.2. The second-order valence-corrected chi connectivity index (χ2v) is 15.8. The smallest absolute Gasteiger partial charge is 0.462 e. The minimum atomic E-state index is -4.64. The van der Waals surface area contributed by atoms with Gasteiger partial charge < -0.3 is 24.6 Å². The molecule has 58 heavy (non-hydrogen) atoms. The molecule has 11 heteroatoms. The molecule has 0 aromatic heterocycles. The Morgan fingerprint density at radius 3 is 1.50 bits per heavy atom. The molecular formula is C47H79O10P. The van der Waals surface area contributed by atoms with Crippen LogP contribution in [0.3, 0.4) is 0 Å². The summed E-state index contributed by atoms with van der Waals surface area (Å²) in [6, 6.07) is 0. The number of hydrogen-bond donors (Lipinski definition) is 3. The first-order valence-electron chi connectivity index (χ1n) is 22.0. The van der Waals surface area contributed by atoms with Crippen molar-refractivity contribution >= 4 is 19.8 Å². The van der Waals surface area contributed by atoms with Crippen molar-refractivity contribution in [2.45, 2.75) is 174 Å². The zero-order valence-corrected chi connectivity index (χ0v) is 36.9. The zero-order valence-electron chi connectivity index (χ0n) is 36.0. The van der Waals surface area contributed by atoms with Crippen molar-refractivity contribution in [1.29, 1.82) is 0 Å². The maximum atomic E-state index is 12.6. The Morgan fingerprint density at radius 1 is 0.534 bits per heavy atom. The van der Waals surface area contributed by atoms with Crippen LogP contribution in [0.15, 0.2) is 85.1 Å². The molecular weight excluding hydrogens is 755 g/mol. The van der Waals surface area contributed by atoms with Crippen LogP contribution in [0.4, 0.5) is 0 Å². The van der Waals surface area contributed by atoms with Gasteiger partial charge in [-0.2, -0.15) is 0 Å². The number of rotatable bonds is 40. The summed E-state index contributed by atoms with van der Waals surface area (Å²) < 4.78 is 32.6. The lowest BCUT2D eigenvalue weighted by Crippen LogP contribution is -2.29. The molecule has 0 amide bonds. The van der Waals surface area contributed by atoms with E-state index >= 15 is 0 Å². The van der Waals surface area contributed by atoms with Gasteiger partial charge in [-0.3, -0.25) is 18.6 Å². The van der Waals surface area contributed by atoms with Crippen LogP contribution in [-0.4, -0.2) is 65.7 Å². The fourth-order valence-electron chi connectivity index (χ4n) is 5.42. The number of ether oxygens (including phenoxy) is 2. The summed E-state index contributed by atoms with van der Waals surface area (Å²) in [6.45, 7) is 2.15. The number of carbonyl (C=O) groups excluding carboxylic acids is 2. The molecule has 3 N–H and O–H groups in total. The fraction of sp³-hybridized carbons (Fsp3) is 0.660. The van der Waals surface area contributed by atoms with Crippen LogP contribution in [0, 0.1) is 0 Å². The average Bonchev–Trinajstić information content (AvgIpc) is 3.21. The van der Waals surface area contributed by atoms with Gasteiger partial charge in [0.05, 0.1) is 19.8 Å². The van der Waals surface area contributed by atoms with Gasteiger partial charge in [0.1, 0.15) is 12.7 Å². The van der Waals surface area contributed by atoms with Crippen molar-refractivity contribution in [2.24, 2.45) is 0 Å². The molecule has 0 aliphatic carbocycles. The van der Waals surface area contributed by atoms with Gasteiger partial charge in [0, 0.05) is 12.8 Å². The Hall–Kier alpha value is -2.85. The van der Waals surface area contributed by atoms with Crippen molar-refractivity contribution in [3.63, 3.8) is 0 Å². The molecule has 332 valence electrons. The summed E-state index contributed by atoms with van der Waals surface area (Å²) in [6.07, 6.45) is 49.9. The standard InChI is InChI=1S/C47H79O10P/c1-3-5-7-9-11-13-15-17-19-21-22-23-25-27-29-31-33-35-37-39-47(51)57-45(43-56-58(52,53)55-41-44(49)40-48)42-54-46(50)38-36-34-32-30-28-26-24-20-18-16-14-12-10-8-6-4-2/h5,7,11,13,17,19-20,22-24,27,29,33,35,44-45,48-49H,3-4,6,8-10,12,14-16,18,21,25-26,28,30-32,34,36-43H2,1-2H3,(H,52,53)/b7-5-,13-11-,19-17-,23-22-,24-20-,29-27-,35-33-/t44-,45+/m0/s1. The number of allylic oxidation sites excluding steroid dienone is 14. The zero-order chi connectivity index (χ0) is 42.6. The third-order valence-corrected chi connectivity index (χ3v) is 9.75. The maximum Gasteiger partial charge on any atom is 0.472 e. The minimum Gasteiger partial charge on any atom is -0.462 e. The average molecular weight is 835 g/mol. The summed E-state index contributed by atoms with van der Waals surface area (Å²) in [5.41, 5.74) is 0. The molecule has 0 saturated carbocycles. The second kappa shape index (κ2) is 42.3. The Morgan fingerprint density at radius 2 is 0.983 bits per heavy atom. The summed E-state index contributed by atoms with van der Waals surface area (Å²) in [7, 11) is -4.64. The van der Waals surface area contributed by atoms with E-state index in [1.54, 1.807) is 0 Å². The van der Waals surface area contributed by atoms with E-state index in [9.17, 15) is 24.2 Å². The first-order valence-corrected chi connectivity index (χ1v) is 23.5. The monoisotopic (exact) mass is 835 g/mol. The van der Waals surface area contributed by atoms with E-state index in [1.165, 1.54) is 44.9 Å². The number of carbonyl (C=O) groups is 2. The Balaban J connectivity index is 4.45. The quantitative estimate of drug-likeness (QED) is 0.0236. The van der Waals surface area contributed by atoms with Gasteiger partial charge in [-0.1, -0.05) is 157 Å². The van der Waals surface area contributed by atoms with Crippen LogP contribution in [0.25, 0.3) is 0 Å². The number of phosphoric acid groups is 1. The number of hydrogen-bond acceptors (Lipinski definition) is 9. The number of unbranched alkanes of at least 4 members (excludes halogenated alkanes) is 12. The van der Waals surface area contributed by atoms with E-state index in [0.29, 0.717) is 12.8 Å². The number of aliphatic hydroxyl groups is 2. The molecule has 0 aromatic rings. The molecule has 0 heterocycles. The van der Waals surface area contributed by atoms with Crippen LogP contribution in [0.5, 0.6) is 0 Å². The molecule has 1 unspecified atom stereocenters. The van der Waals surface area contributed by atoms with Crippen LogP contribution in [0.2, 0.25) is 0 Å². The molecule has 3 atom stereocenters. The van der Waals surface area contributed by atoms with Crippen molar-refractivity contribution in [1.82, 2.24) is 0 Å². The van der Waals surface area contributed by atoms with E-state index in [-0.39, 0.29) is 19.4 Å². The van der Waals surface area contributed by atoms with Crippen molar-refractivity contribution < 1.29 is 47.8 Å². The third-order valence-electron chi connectivity index (χ3n) is 8.80. The topological polar surface area (TPSA) is 149 Å². The highest BCUT2D eigenvalue weighted by Gasteiger charge is 2.27. The molecule has 0 aromatic carbocycles. The Bertz CT molecular complexity index is 1240. The molecule has 0 bridgehead atoms. The van der Waals surface area contributed by atoms with E-state index < -0.39 is 51.8 Å². The number of phosphoric ester groups is 1. The van der Waals surface area contributed by atoms with Crippen molar-refractivity contribution in [2.75, 3.05) is 26.4 Å². The SMILES string of the molecule is CC/C=C\C/C=C\C/C=C\C/C=C\C/C=C\C/C=C\CCC(=O)O[C@H](COC(=O)CCCCCCC/C=C\CCCCCCCCC)COP(=O)(O)OC[C@@H](O)CO. The van der Waals surface area contributed by atoms with Crippen LogP contribution in [-0.2, 0) is 32.7 Å². The largest absolute Gasteiger partial charge is 0.472 e. The lowest BCUT2D eigenvalue weighted by molar-refractivity contribution is -0.161. The fourth-order valence-corrected chi connectivity index (χ4v) is 6.21. The van der Waals surface area contributed by atoms with Crippen LogP contribution < -0.4 is 0 Å². The normalized spacial score (nSPS) is 14.6. The molecule has 0 aliphatic heterocycles. The molecule has 0 saturated heterocycles. The van der Waals surface area contributed by atoms with Gasteiger partial charge in [-0.05, 0) is 77.0 Å². The van der Waals surface area contributed by atoms with Gasteiger partial charge in [-0.15, -0.1) is 0 Å². The first kappa shape index (κ1) is 55.2. The predicted octanol–water partition coefficient (Wildman–Crippen LogP) is 11.8. The highest BCUT2D eigenvalue weighted by Crippen LogP contribution is 2.43. The van der Waals surface area contributed by atoms with Gasteiger partial charge in [0.2, 0.25) is 0 Å². The minimum absolute atomic E-state index is 0.0532. The lowest BCUT2D eigenvalue weighted by Gasteiger charge is -2.20. The van der Waals surface area contributed by atoms with Crippen molar-refractivity contribution in [3.8, 4) is 0 Å². The van der Waals surface area contributed by atoms with Crippen LogP contribution in [0.1, 0.15) is 162 Å². The van der Waals surface area contributed by atoms with Gasteiger partial charge >= 0.3 is 19.8 Å². The summed E-state index contributed by atoms with van der Waals surface area (Å²) in [5, 5.41) is 18.3. The highest BCUT2D eigenvalue weighted by molar-refractivity contribution is 7.47. The molecule has 0 fully saturated rings. The maximum absolute atomic E-state index is 12.6. The molecule has 0 radical (unpaired) electrons. The third kappa shape index (κ3) is 41.3. The summed E-state index contributed by atoms with van der Waals surface area (Å²) in [4.78, 5) is 35.0. The van der Waals surface area contributed by atoms with Gasteiger partial charge in [0.15, 0.2) is 6.10 Å². The molecule has 0 rings (SSSR count). The lowest BCUT2D eigenvalue weighted by atomic mass is 10.1. The predicted molar refractivity (Wildman–Crippen MR) is 237 cm³/mol. The van der Waals surface area contributed by atoms with Crippen LogP contribution >= 0.6 is 7.82 Å².